The molecular weight excluding hydrogens is 409 g/mol. The lowest BCUT2D eigenvalue weighted by atomic mass is 10.3. The molecule has 1 aliphatic heterocycles. The highest BCUT2D eigenvalue weighted by atomic mass is 127. The molecule has 0 atom stereocenters. The largest absolute Gasteiger partial charge is 0.379 e. The average molecular weight is 441 g/mol. The fraction of sp³-hybridized carbons (Fsp3) is 0.867. The summed E-state index contributed by atoms with van der Waals surface area (Å²) in [6.07, 6.45) is 2.07. The van der Waals surface area contributed by atoms with Crippen LogP contribution in [0.15, 0.2) is 4.99 Å². The van der Waals surface area contributed by atoms with Crippen LogP contribution in [0.4, 0.5) is 0 Å². The topological polar surface area (TPSA) is 69.2 Å². The maximum Gasteiger partial charge on any atom is 0.243 e. The lowest BCUT2D eigenvalue weighted by Gasteiger charge is -2.26. The monoisotopic (exact) mass is 441 g/mol. The highest BCUT2D eigenvalue weighted by molar-refractivity contribution is 14.0. The van der Waals surface area contributed by atoms with Crippen LogP contribution >= 0.6 is 24.0 Å². The van der Waals surface area contributed by atoms with E-state index in [4.69, 9.17) is 4.74 Å². The number of morpholine rings is 1. The summed E-state index contributed by atoms with van der Waals surface area (Å²) >= 11 is 0. The Morgan fingerprint density at radius 1 is 1.22 bits per heavy atom. The molecule has 0 aliphatic carbocycles. The molecule has 23 heavy (non-hydrogen) atoms. The van der Waals surface area contributed by atoms with Crippen LogP contribution < -0.4 is 10.6 Å². The highest BCUT2D eigenvalue weighted by Crippen LogP contribution is 1.97. The van der Waals surface area contributed by atoms with E-state index >= 15 is 0 Å². The quantitative estimate of drug-likeness (QED) is 0.247. The summed E-state index contributed by atoms with van der Waals surface area (Å²) in [5.74, 6) is 0.727. The summed E-state index contributed by atoms with van der Waals surface area (Å²) in [5.41, 5.74) is 0. The predicted octanol–water partition coefficient (Wildman–Crippen LogP) is 0.360. The van der Waals surface area contributed by atoms with E-state index < -0.39 is 0 Å². The number of nitrogens with one attached hydrogen (secondary N) is 2. The molecule has 2 N–H and O–H groups in total. The van der Waals surface area contributed by atoms with E-state index in [0.29, 0.717) is 0 Å². The number of hydrogen-bond acceptors (Lipinski definition) is 4. The number of carbonyl (C=O) groups is 1. The first-order chi connectivity index (χ1) is 10.6. The Bertz CT molecular complexity index is 347. The smallest absolute Gasteiger partial charge is 0.243 e. The molecular formula is C15H32IN5O2. The van der Waals surface area contributed by atoms with Crippen LogP contribution in [0.2, 0.25) is 0 Å². The summed E-state index contributed by atoms with van der Waals surface area (Å²) in [7, 11) is 3.49. The molecule has 1 heterocycles. The molecule has 0 unspecified atom stereocenters. The minimum Gasteiger partial charge on any atom is -0.379 e. The first-order valence-corrected chi connectivity index (χ1v) is 8.16. The van der Waals surface area contributed by atoms with Crippen molar-refractivity contribution in [1.82, 2.24) is 20.4 Å². The Labute approximate surface area is 157 Å². The van der Waals surface area contributed by atoms with Crippen molar-refractivity contribution in [3.8, 4) is 0 Å². The Kier molecular flexibility index (Phi) is 13.4. The molecule has 1 saturated heterocycles. The fourth-order valence-corrected chi connectivity index (χ4v) is 2.04. The number of ether oxygens (including phenoxy) is 1. The number of carbonyl (C=O) groups excluding carboxylic acids is 1. The standard InChI is InChI=1S/C15H31N5O2.HI/c1-4-6-16-15(18-13-14(21)19(2)3)17-7-5-8-20-9-11-22-12-10-20;/h4-13H2,1-3H3,(H2,16,17,18);1H. The van der Waals surface area contributed by atoms with Gasteiger partial charge >= 0.3 is 0 Å². The molecule has 0 aromatic carbocycles. The molecule has 136 valence electrons. The van der Waals surface area contributed by atoms with Gasteiger partial charge in [0.2, 0.25) is 5.91 Å². The van der Waals surface area contributed by atoms with Crippen LogP contribution in [0.1, 0.15) is 19.8 Å². The first kappa shape index (κ1) is 22.4. The van der Waals surface area contributed by atoms with E-state index in [9.17, 15) is 4.79 Å². The van der Waals surface area contributed by atoms with E-state index in [1.54, 1.807) is 19.0 Å². The summed E-state index contributed by atoms with van der Waals surface area (Å²) in [4.78, 5) is 19.9. The molecule has 0 aromatic heterocycles. The first-order valence-electron chi connectivity index (χ1n) is 8.16. The normalized spacial score (nSPS) is 15.7. The summed E-state index contributed by atoms with van der Waals surface area (Å²) in [6, 6.07) is 0. The number of guanidine groups is 1. The van der Waals surface area contributed by atoms with Crippen molar-refractivity contribution in [2.75, 3.05) is 66.6 Å². The van der Waals surface area contributed by atoms with Crippen LogP contribution in [0, 0.1) is 0 Å². The SMILES string of the molecule is CCCNC(=NCC(=O)N(C)C)NCCCN1CCOCC1.I. The molecule has 0 bridgehead atoms. The minimum absolute atomic E-state index is 0. The molecule has 7 nitrogen and oxygen atoms in total. The van der Waals surface area contributed by atoms with Gasteiger partial charge in [0.05, 0.1) is 13.2 Å². The zero-order valence-electron chi connectivity index (χ0n) is 14.6. The number of aliphatic imine (C=N–C) groups is 1. The number of likely N-dealkylation sites (N-methyl/N-ethyl adjacent to an activating group) is 1. The van der Waals surface area contributed by atoms with E-state index in [-0.39, 0.29) is 36.4 Å². The number of hydrogen-bond donors (Lipinski definition) is 2. The van der Waals surface area contributed by atoms with Gasteiger partial charge < -0.3 is 20.3 Å². The van der Waals surface area contributed by atoms with Gasteiger partial charge in [0, 0.05) is 40.3 Å². The van der Waals surface area contributed by atoms with Gasteiger partial charge in [-0.1, -0.05) is 6.92 Å². The van der Waals surface area contributed by atoms with Crippen molar-refractivity contribution in [2.45, 2.75) is 19.8 Å². The van der Waals surface area contributed by atoms with Crippen LogP contribution in [0.25, 0.3) is 0 Å². The Morgan fingerprint density at radius 3 is 2.48 bits per heavy atom. The zero-order chi connectivity index (χ0) is 16.2. The summed E-state index contributed by atoms with van der Waals surface area (Å²) < 4.78 is 5.34. The van der Waals surface area contributed by atoms with Gasteiger partial charge in [0.1, 0.15) is 6.54 Å². The van der Waals surface area contributed by atoms with Crippen molar-refractivity contribution in [3.05, 3.63) is 0 Å². The van der Waals surface area contributed by atoms with Crippen LogP contribution in [-0.4, -0.2) is 88.2 Å². The third-order valence-electron chi connectivity index (χ3n) is 3.46. The Hall–Kier alpha value is -0.610. The second kappa shape index (κ2) is 13.8. The third-order valence-corrected chi connectivity index (χ3v) is 3.46. The van der Waals surface area contributed by atoms with E-state index in [0.717, 1.165) is 64.7 Å². The van der Waals surface area contributed by atoms with Crippen molar-refractivity contribution in [1.29, 1.82) is 0 Å². The number of amides is 1. The summed E-state index contributed by atoms with van der Waals surface area (Å²) in [6.45, 7) is 8.76. The van der Waals surface area contributed by atoms with Crippen LogP contribution in [0.3, 0.4) is 0 Å². The number of rotatable bonds is 8. The van der Waals surface area contributed by atoms with Gasteiger partial charge in [-0.25, -0.2) is 4.99 Å². The molecule has 1 amide bonds. The lowest BCUT2D eigenvalue weighted by Crippen LogP contribution is -2.41. The van der Waals surface area contributed by atoms with Crippen molar-refractivity contribution >= 4 is 35.8 Å². The summed E-state index contributed by atoms with van der Waals surface area (Å²) in [5, 5.41) is 6.54. The van der Waals surface area contributed by atoms with Gasteiger partial charge in [-0.3, -0.25) is 9.69 Å². The van der Waals surface area contributed by atoms with Crippen LogP contribution in [0.5, 0.6) is 0 Å². The van der Waals surface area contributed by atoms with Gasteiger partial charge in [-0.2, -0.15) is 0 Å². The molecule has 1 aliphatic rings. The van der Waals surface area contributed by atoms with Crippen LogP contribution in [-0.2, 0) is 9.53 Å². The van der Waals surface area contributed by atoms with E-state index in [2.05, 4.69) is 27.4 Å². The van der Waals surface area contributed by atoms with Gasteiger partial charge in [0.25, 0.3) is 0 Å². The fourth-order valence-electron chi connectivity index (χ4n) is 2.04. The van der Waals surface area contributed by atoms with Gasteiger partial charge in [-0.05, 0) is 19.4 Å². The second-order valence-corrected chi connectivity index (χ2v) is 5.61. The Balaban J connectivity index is 0.00000484. The average Bonchev–Trinajstić information content (AvgIpc) is 2.53. The molecule has 0 spiro atoms. The zero-order valence-corrected chi connectivity index (χ0v) is 17.0. The van der Waals surface area contributed by atoms with E-state index in [1.165, 1.54) is 0 Å². The molecule has 0 saturated carbocycles. The molecule has 0 radical (unpaired) electrons. The van der Waals surface area contributed by atoms with Crippen molar-refractivity contribution in [2.24, 2.45) is 4.99 Å². The maximum absolute atomic E-state index is 11.6. The second-order valence-electron chi connectivity index (χ2n) is 5.61. The molecule has 0 aromatic rings. The van der Waals surface area contributed by atoms with E-state index in [1.807, 2.05) is 0 Å². The Morgan fingerprint density at radius 2 is 1.87 bits per heavy atom. The lowest BCUT2D eigenvalue weighted by molar-refractivity contribution is -0.127. The predicted molar refractivity (Wildman–Crippen MR) is 105 cm³/mol. The maximum atomic E-state index is 11.6. The van der Waals surface area contributed by atoms with Gasteiger partial charge in [0.15, 0.2) is 5.96 Å². The molecule has 1 rings (SSSR count). The molecule has 8 heteroatoms. The number of halogens is 1. The molecule has 1 fully saturated rings. The highest BCUT2D eigenvalue weighted by Gasteiger charge is 2.09. The van der Waals surface area contributed by atoms with Crippen molar-refractivity contribution < 1.29 is 9.53 Å². The number of nitrogens with zero attached hydrogens (tertiary/aromatic N) is 3. The van der Waals surface area contributed by atoms with Gasteiger partial charge in [-0.15, -0.1) is 24.0 Å². The minimum atomic E-state index is 0. The van der Waals surface area contributed by atoms with Crippen molar-refractivity contribution in [3.63, 3.8) is 0 Å². The third kappa shape index (κ3) is 10.7.